The first-order chi connectivity index (χ1) is 23.7. The lowest BCUT2D eigenvalue weighted by molar-refractivity contribution is -0.143. The molecular formula is C34H65N9O7. The number of nitrogens with zero attached hydrogens (tertiary/aromatic N) is 1. The normalized spacial score (nSPS) is 18.0. The summed E-state index contributed by atoms with van der Waals surface area (Å²) in [5.41, 5.74) is 23.0. The highest BCUT2D eigenvalue weighted by Crippen LogP contribution is 2.21. The van der Waals surface area contributed by atoms with Crippen molar-refractivity contribution in [3.8, 4) is 0 Å². The van der Waals surface area contributed by atoms with E-state index in [0.29, 0.717) is 77.4 Å². The first-order valence-electron chi connectivity index (χ1n) is 18.3. The third-order valence-electron chi connectivity index (χ3n) is 9.15. The number of carboxylic acids is 1. The van der Waals surface area contributed by atoms with Crippen molar-refractivity contribution in [2.24, 2.45) is 34.8 Å². The van der Waals surface area contributed by atoms with Crippen LogP contribution < -0.4 is 44.2 Å². The molecule has 0 radical (unpaired) electrons. The molecule has 50 heavy (non-hydrogen) atoms. The minimum Gasteiger partial charge on any atom is -0.480 e. The second kappa shape index (κ2) is 24.0. The third kappa shape index (κ3) is 15.3. The molecule has 0 bridgehead atoms. The Labute approximate surface area is 297 Å². The van der Waals surface area contributed by atoms with Crippen LogP contribution in [0.4, 0.5) is 0 Å². The zero-order valence-electron chi connectivity index (χ0n) is 30.6. The molecule has 1 aliphatic heterocycles. The summed E-state index contributed by atoms with van der Waals surface area (Å²) in [7, 11) is 0. The van der Waals surface area contributed by atoms with Crippen LogP contribution in [0.2, 0.25) is 0 Å². The van der Waals surface area contributed by atoms with Crippen LogP contribution in [0, 0.1) is 11.8 Å². The second-order valence-electron chi connectivity index (χ2n) is 13.8. The van der Waals surface area contributed by atoms with E-state index in [1.54, 1.807) is 6.92 Å². The Morgan fingerprint density at radius 1 is 0.740 bits per heavy atom. The van der Waals surface area contributed by atoms with Crippen LogP contribution in [-0.2, 0) is 28.8 Å². The van der Waals surface area contributed by atoms with Crippen molar-refractivity contribution in [2.45, 2.75) is 141 Å². The molecule has 0 aliphatic carbocycles. The Morgan fingerprint density at radius 2 is 1.32 bits per heavy atom. The molecule has 288 valence electrons. The van der Waals surface area contributed by atoms with Crippen LogP contribution in [-0.4, -0.2) is 108 Å². The summed E-state index contributed by atoms with van der Waals surface area (Å²) in [6.45, 7) is 8.76. The van der Waals surface area contributed by atoms with E-state index in [1.807, 2.05) is 20.8 Å². The number of carbonyl (C=O) groups excluding carboxylic acids is 5. The molecule has 0 saturated carbocycles. The predicted molar refractivity (Wildman–Crippen MR) is 191 cm³/mol. The molecule has 16 heteroatoms. The van der Waals surface area contributed by atoms with Gasteiger partial charge in [0.15, 0.2) is 0 Å². The molecule has 0 aromatic carbocycles. The van der Waals surface area contributed by atoms with Gasteiger partial charge in [-0.1, -0.05) is 40.5 Å². The molecule has 1 heterocycles. The van der Waals surface area contributed by atoms with Crippen molar-refractivity contribution >= 4 is 35.5 Å². The van der Waals surface area contributed by atoms with Gasteiger partial charge in [-0.05, 0) is 95.7 Å². The van der Waals surface area contributed by atoms with Gasteiger partial charge in [0.05, 0.1) is 6.04 Å². The average Bonchev–Trinajstić information content (AvgIpc) is 3.57. The van der Waals surface area contributed by atoms with Crippen LogP contribution in [0.3, 0.4) is 0 Å². The molecule has 0 aromatic rings. The Hall–Kier alpha value is -3.34. The van der Waals surface area contributed by atoms with Crippen LogP contribution in [0.15, 0.2) is 0 Å². The highest BCUT2D eigenvalue weighted by atomic mass is 16.4. The molecule has 7 atom stereocenters. The average molecular weight is 712 g/mol. The van der Waals surface area contributed by atoms with Gasteiger partial charge in [0, 0.05) is 6.54 Å². The molecule has 1 unspecified atom stereocenters. The quantitative estimate of drug-likeness (QED) is 0.0540. The Morgan fingerprint density at radius 3 is 1.88 bits per heavy atom. The van der Waals surface area contributed by atoms with E-state index in [0.717, 1.165) is 6.42 Å². The van der Waals surface area contributed by atoms with Gasteiger partial charge in [-0.25, -0.2) is 4.79 Å². The smallest absolute Gasteiger partial charge is 0.326 e. The number of rotatable bonds is 25. The maximum atomic E-state index is 13.9. The van der Waals surface area contributed by atoms with Gasteiger partial charge in [0.1, 0.15) is 30.2 Å². The SMILES string of the molecule is CC[C@H](C)[C@H](NC(=O)C(CCCN)NC(=O)[C@@H]1CCCN1C(=O)[C@H](CCCCN)NC(=O)[C@@H](N)CCCCN)C(=O)N[C@@H](CC(C)C)C(=O)O. The highest BCUT2D eigenvalue weighted by Gasteiger charge is 2.39. The van der Waals surface area contributed by atoms with E-state index < -0.39 is 71.8 Å². The predicted octanol–water partition coefficient (Wildman–Crippen LogP) is -0.582. The largest absolute Gasteiger partial charge is 0.480 e. The number of nitrogens with two attached hydrogens (primary N) is 4. The Balaban J connectivity index is 3.15. The minimum absolute atomic E-state index is 0.00691. The Bertz CT molecular complexity index is 1090. The summed E-state index contributed by atoms with van der Waals surface area (Å²) in [4.78, 5) is 80.8. The number of carboxylic acid groups (broad SMARTS) is 1. The van der Waals surface area contributed by atoms with E-state index in [4.69, 9.17) is 22.9 Å². The maximum absolute atomic E-state index is 13.9. The lowest BCUT2D eigenvalue weighted by Crippen LogP contribution is -2.60. The number of likely N-dealkylation sites (tertiary alicyclic amines) is 1. The molecule has 1 rings (SSSR count). The molecule has 13 N–H and O–H groups in total. The Kier molecular flexibility index (Phi) is 21.4. The van der Waals surface area contributed by atoms with Crippen LogP contribution >= 0.6 is 0 Å². The fourth-order valence-corrected chi connectivity index (χ4v) is 5.94. The van der Waals surface area contributed by atoms with Crippen molar-refractivity contribution in [1.29, 1.82) is 0 Å². The molecule has 1 saturated heterocycles. The molecule has 0 spiro atoms. The minimum atomic E-state index is -1.17. The number of aliphatic carboxylic acids is 1. The van der Waals surface area contributed by atoms with Gasteiger partial charge >= 0.3 is 5.97 Å². The van der Waals surface area contributed by atoms with E-state index in [-0.39, 0.29) is 31.2 Å². The maximum Gasteiger partial charge on any atom is 0.326 e. The van der Waals surface area contributed by atoms with Gasteiger partial charge in [-0.15, -0.1) is 0 Å². The van der Waals surface area contributed by atoms with Crippen molar-refractivity contribution in [3.05, 3.63) is 0 Å². The van der Waals surface area contributed by atoms with Gasteiger partial charge in [0.25, 0.3) is 0 Å². The van der Waals surface area contributed by atoms with Gasteiger partial charge < -0.3 is 54.2 Å². The van der Waals surface area contributed by atoms with Crippen LogP contribution in [0.1, 0.15) is 105 Å². The van der Waals surface area contributed by atoms with Crippen molar-refractivity contribution in [2.75, 3.05) is 26.2 Å². The van der Waals surface area contributed by atoms with Crippen molar-refractivity contribution in [1.82, 2.24) is 26.2 Å². The van der Waals surface area contributed by atoms with Crippen molar-refractivity contribution < 1.29 is 33.9 Å². The summed E-state index contributed by atoms with van der Waals surface area (Å²) in [5.74, 6) is -4.15. The van der Waals surface area contributed by atoms with E-state index in [2.05, 4.69) is 21.3 Å². The summed E-state index contributed by atoms with van der Waals surface area (Å²) in [6, 6.07) is -5.84. The third-order valence-corrected chi connectivity index (χ3v) is 9.15. The summed E-state index contributed by atoms with van der Waals surface area (Å²) < 4.78 is 0. The zero-order valence-corrected chi connectivity index (χ0v) is 30.6. The number of nitrogens with one attached hydrogen (secondary N) is 4. The second-order valence-corrected chi connectivity index (χ2v) is 13.8. The number of unbranched alkanes of at least 4 members (excludes halogenated alkanes) is 2. The first-order valence-corrected chi connectivity index (χ1v) is 18.3. The van der Waals surface area contributed by atoms with E-state index >= 15 is 0 Å². The fourth-order valence-electron chi connectivity index (χ4n) is 5.94. The first kappa shape index (κ1) is 44.7. The monoisotopic (exact) mass is 712 g/mol. The van der Waals surface area contributed by atoms with Gasteiger partial charge in [0.2, 0.25) is 29.5 Å². The lowest BCUT2D eigenvalue weighted by Gasteiger charge is -2.31. The number of carbonyl (C=O) groups is 6. The fraction of sp³-hybridized carbons (Fsp3) is 0.824. The molecule has 1 aliphatic rings. The van der Waals surface area contributed by atoms with E-state index in [1.165, 1.54) is 4.90 Å². The molecule has 0 aromatic heterocycles. The van der Waals surface area contributed by atoms with Gasteiger partial charge in [-0.2, -0.15) is 0 Å². The van der Waals surface area contributed by atoms with Crippen LogP contribution in [0.5, 0.6) is 0 Å². The number of amides is 5. The van der Waals surface area contributed by atoms with Gasteiger partial charge in [-0.3, -0.25) is 24.0 Å². The zero-order chi connectivity index (χ0) is 37.8. The molecule has 16 nitrogen and oxygen atoms in total. The lowest BCUT2D eigenvalue weighted by atomic mass is 9.96. The topological polar surface area (TPSA) is 278 Å². The summed E-state index contributed by atoms with van der Waals surface area (Å²) in [5, 5.41) is 20.5. The molecular weight excluding hydrogens is 646 g/mol. The summed E-state index contributed by atoms with van der Waals surface area (Å²) >= 11 is 0. The number of hydrogen-bond donors (Lipinski definition) is 9. The van der Waals surface area contributed by atoms with E-state index in [9.17, 15) is 33.9 Å². The standard InChI is InChI=1S/C34H65N9O7/c1-5-22(4)28(32(47)41-26(34(49)50)20-21(2)3)42-30(45)24(14-10-18-37)39-31(46)27-15-11-19-43(27)33(48)25(13-7-9-17-36)40-29(44)23(38)12-6-8-16-35/h21-28H,5-20,35-38H2,1-4H3,(H,39,46)(H,40,44)(H,41,47)(H,42,45)(H,49,50)/t22-,23-,24?,25-,26-,27-,28-/m0/s1. The van der Waals surface area contributed by atoms with Crippen LogP contribution in [0.25, 0.3) is 0 Å². The summed E-state index contributed by atoms with van der Waals surface area (Å²) in [6.07, 6.45) is 5.57. The number of hydrogen-bond acceptors (Lipinski definition) is 10. The van der Waals surface area contributed by atoms with Crippen molar-refractivity contribution in [3.63, 3.8) is 0 Å². The molecule has 5 amide bonds. The molecule has 1 fully saturated rings. The highest BCUT2D eigenvalue weighted by molar-refractivity contribution is 5.96.